The fraction of sp³-hybridized carbons (Fsp3) is 0.391. The quantitative estimate of drug-likeness (QED) is 0.102. The second-order valence-electron chi connectivity index (χ2n) is 19.3. The van der Waals surface area contributed by atoms with Crippen LogP contribution in [0.2, 0.25) is 9.26 Å². The maximum absolute atomic E-state index is 8.95. The molecule has 0 N–H and O–H groups in total. The van der Waals surface area contributed by atoms with E-state index >= 15 is 0 Å². The first-order chi connectivity index (χ1) is 23.7. The number of fused-ring (bicyclic) bond motifs is 2. The van der Waals surface area contributed by atoms with Crippen LogP contribution in [0.15, 0.2) is 108 Å². The zero-order valence-corrected chi connectivity index (χ0v) is 38.4. The van der Waals surface area contributed by atoms with E-state index < -0.39 is 12.6 Å². The van der Waals surface area contributed by atoms with Crippen LogP contribution < -0.4 is 0 Å². The van der Waals surface area contributed by atoms with Gasteiger partial charge in [-0.25, -0.2) is 0 Å². The second kappa shape index (κ2) is 12.8. The van der Waals surface area contributed by atoms with Crippen molar-refractivity contribution in [2.75, 3.05) is 6.61 Å². The van der Waals surface area contributed by atoms with Crippen LogP contribution in [0.1, 0.15) is 103 Å². The summed E-state index contributed by atoms with van der Waals surface area (Å²) >= 11 is -5.95. The van der Waals surface area contributed by atoms with E-state index in [-0.39, 0.29) is 12.9 Å². The Hall–Kier alpha value is -2.00. The number of halogens is 2. The third kappa shape index (κ3) is 7.42. The molecule has 0 saturated heterocycles. The average molecular weight is 818 g/mol. The van der Waals surface area contributed by atoms with Crippen molar-refractivity contribution >= 4 is 36.0 Å². The Morgan fingerprint density at radius 2 is 1.25 bits per heavy atom. The van der Waals surface area contributed by atoms with Crippen molar-refractivity contribution in [2.24, 2.45) is 5.92 Å². The summed E-state index contributed by atoms with van der Waals surface area (Å²) in [6, 6.07) is 35.5. The van der Waals surface area contributed by atoms with E-state index in [4.69, 9.17) is 21.8 Å². The normalized spacial score (nSPS) is 19.7. The van der Waals surface area contributed by atoms with E-state index in [1.807, 2.05) is 0 Å². The Bertz CT molecular complexity index is 2010. The number of benzene rings is 4. The molecule has 0 radical (unpaired) electrons. The second-order valence-corrected chi connectivity index (χ2v) is 101. The van der Waals surface area contributed by atoms with Crippen molar-refractivity contribution in [2.45, 2.75) is 95.8 Å². The molecule has 0 bridgehead atoms. The number of unbranched alkanes of at least 4 members (excludes halogenated alkanes) is 3. The van der Waals surface area contributed by atoms with Gasteiger partial charge in [-0.15, -0.1) is 0 Å². The molecule has 0 spiro atoms. The van der Waals surface area contributed by atoms with Crippen LogP contribution in [0.5, 0.6) is 0 Å². The van der Waals surface area contributed by atoms with E-state index in [0.29, 0.717) is 13.3 Å². The Balaban J connectivity index is 1.50. The van der Waals surface area contributed by atoms with Gasteiger partial charge in [0, 0.05) is 0 Å². The molecule has 2 aliphatic carbocycles. The molecule has 6 rings (SSSR count). The Labute approximate surface area is 312 Å². The van der Waals surface area contributed by atoms with Crippen molar-refractivity contribution in [3.8, 4) is 22.3 Å². The molecule has 4 aromatic carbocycles. The standard InChI is InChI=1S/C26H33O.C18H17.2CH3.2ClH.H3Si.Zr/c1-20-19-22-15-12-17-24(21-13-8-7-9-14-21)25(22)23(20)16-10-5-6-11-18-27-26(2,3)4;1-13(2)16-11-15-9-6-10-17(18(15)12-16)14-7-4-3-5-8-14;;;;;;/h7-9,12-15,17,19H,5-6,10-11,16,18H2,1-4H3;3-13H,1-2H3;2*1H3;2*1H;1H3;/q;;;;;;;+2/p-2. The Morgan fingerprint density at radius 1 is 0.706 bits per heavy atom. The minimum absolute atomic E-state index is 0.0363. The van der Waals surface area contributed by atoms with Crippen molar-refractivity contribution in [1.29, 1.82) is 0 Å². The number of allylic oxidation sites excluding steroid dienone is 3. The SMILES string of the molecule is CC1=C(CCCCCCOC(C)(C)C)c2c(-c3ccccc3)cccc2[CH]1[Zr]([CH3])([CH3])([SiH3])([Cl])([Cl])[CH]1C(C(C)C)=Cc2c(-c3ccccc3)cccc21. The summed E-state index contributed by atoms with van der Waals surface area (Å²) in [4.78, 5) is 0. The van der Waals surface area contributed by atoms with Crippen LogP contribution in [0.3, 0.4) is 0 Å². The molecule has 0 aliphatic heterocycles. The molecular formula is C46H59Cl2OSiZr. The van der Waals surface area contributed by atoms with Gasteiger partial charge in [0.25, 0.3) is 0 Å². The molecule has 0 fully saturated rings. The summed E-state index contributed by atoms with van der Waals surface area (Å²) in [6.45, 7) is 14.3. The van der Waals surface area contributed by atoms with Gasteiger partial charge in [0.1, 0.15) is 0 Å². The fourth-order valence-electron chi connectivity index (χ4n) is 10.0. The third-order valence-electron chi connectivity index (χ3n) is 11.9. The molecule has 0 amide bonds. The van der Waals surface area contributed by atoms with Crippen molar-refractivity contribution in [3.05, 3.63) is 130 Å². The van der Waals surface area contributed by atoms with Gasteiger partial charge in [0.15, 0.2) is 0 Å². The monoisotopic (exact) mass is 815 g/mol. The van der Waals surface area contributed by atoms with Crippen LogP contribution in [-0.2, 0) is 17.3 Å². The minimum atomic E-state index is -5.95. The van der Waals surface area contributed by atoms with Crippen LogP contribution in [-0.4, -0.2) is 19.6 Å². The molecule has 2 atom stereocenters. The molecule has 271 valence electrons. The first kappa shape index (κ1) is 38.7. The first-order valence-corrected chi connectivity index (χ1v) is 41.7. The fourth-order valence-corrected chi connectivity index (χ4v) is 42.7. The van der Waals surface area contributed by atoms with Gasteiger partial charge >= 0.3 is 314 Å². The molecule has 2 unspecified atom stereocenters. The van der Waals surface area contributed by atoms with Crippen LogP contribution in [0, 0.1) is 5.92 Å². The van der Waals surface area contributed by atoms with Crippen molar-refractivity contribution in [1.82, 2.24) is 0 Å². The van der Waals surface area contributed by atoms with Gasteiger partial charge in [-0.2, -0.15) is 0 Å². The first-order valence-electron chi connectivity index (χ1n) is 19.3. The van der Waals surface area contributed by atoms with E-state index in [2.05, 4.69) is 154 Å². The zero-order chi connectivity index (χ0) is 36.9. The van der Waals surface area contributed by atoms with Gasteiger partial charge in [-0.1, -0.05) is 0 Å². The number of hydrogen-bond acceptors (Lipinski definition) is 1. The van der Waals surface area contributed by atoms with Gasteiger partial charge in [0.05, 0.1) is 0 Å². The molecular weight excluding hydrogens is 759 g/mol. The Morgan fingerprint density at radius 3 is 1.84 bits per heavy atom. The number of rotatable bonds is 12. The van der Waals surface area contributed by atoms with Crippen LogP contribution >= 0.6 is 17.0 Å². The summed E-state index contributed by atoms with van der Waals surface area (Å²) in [7, 11) is 18.6. The van der Waals surface area contributed by atoms with Gasteiger partial charge in [-0.05, 0) is 0 Å². The summed E-state index contributed by atoms with van der Waals surface area (Å²) in [5, 5.41) is 0. The molecule has 4 aromatic rings. The zero-order valence-electron chi connectivity index (χ0n) is 32.5. The van der Waals surface area contributed by atoms with Crippen LogP contribution in [0.25, 0.3) is 33.9 Å². The third-order valence-corrected chi connectivity index (χ3v) is 39.6. The van der Waals surface area contributed by atoms with E-state index in [9.17, 15) is 0 Å². The van der Waals surface area contributed by atoms with Crippen LogP contribution in [0.4, 0.5) is 0 Å². The summed E-state index contributed by atoms with van der Waals surface area (Å²) in [5.41, 5.74) is 14.5. The topological polar surface area (TPSA) is 9.23 Å². The van der Waals surface area contributed by atoms with Crippen molar-refractivity contribution in [3.63, 3.8) is 0 Å². The summed E-state index contributed by atoms with van der Waals surface area (Å²) < 4.78 is 10.8. The average Bonchev–Trinajstić information content (AvgIpc) is 3.62. The molecule has 51 heavy (non-hydrogen) atoms. The molecule has 1 nitrogen and oxygen atoms in total. The van der Waals surface area contributed by atoms with Gasteiger partial charge in [0.2, 0.25) is 0 Å². The predicted octanol–water partition coefficient (Wildman–Crippen LogP) is 13.9. The van der Waals surface area contributed by atoms with Gasteiger partial charge < -0.3 is 0 Å². The summed E-state index contributed by atoms with van der Waals surface area (Å²) in [5.74, 6) is 0.302. The molecule has 2 aliphatic rings. The van der Waals surface area contributed by atoms with E-state index in [1.54, 1.807) is 0 Å². The molecule has 5 heteroatoms. The molecule has 0 heterocycles. The van der Waals surface area contributed by atoms with E-state index in [0.717, 1.165) is 25.9 Å². The molecule has 0 aromatic heterocycles. The maximum atomic E-state index is 8.95. The Kier molecular flexibility index (Phi) is 9.72. The predicted molar refractivity (Wildman–Crippen MR) is 227 cm³/mol. The molecule has 0 saturated carbocycles. The van der Waals surface area contributed by atoms with Crippen molar-refractivity contribution < 1.29 is 17.3 Å². The van der Waals surface area contributed by atoms with E-state index in [1.165, 1.54) is 74.1 Å². The number of hydrogen-bond donors (Lipinski definition) is 0. The van der Waals surface area contributed by atoms with Gasteiger partial charge in [-0.3, -0.25) is 0 Å². The number of ether oxygens (including phenoxy) is 1. The summed E-state index contributed by atoms with van der Waals surface area (Å²) in [6.07, 6.45) is 8.06.